The van der Waals surface area contributed by atoms with Crippen molar-refractivity contribution in [2.45, 2.75) is 20.8 Å². The van der Waals surface area contributed by atoms with Crippen LogP contribution >= 0.6 is 0 Å². The molecule has 1 amide bonds. The molecule has 0 atom stereocenters. The molecule has 0 radical (unpaired) electrons. The number of benzene rings is 2. The van der Waals surface area contributed by atoms with Gasteiger partial charge in [0.25, 0.3) is 5.91 Å². The van der Waals surface area contributed by atoms with Crippen LogP contribution in [0.3, 0.4) is 0 Å². The molecule has 3 N–H and O–H groups in total. The van der Waals surface area contributed by atoms with E-state index in [-0.39, 0.29) is 17.1 Å². The minimum absolute atomic E-state index is 0.0162. The maximum absolute atomic E-state index is 12.2. The Hall–Kier alpha value is -2.54. The van der Waals surface area contributed by atoms with Crippen LogP contribution in [0.5, 0.6) is 5.75 Å². The van der Waals surface area contributed by atoms with Gasteiger partial charge in [-0.1, -0.05) is 6.07 Å². The molecule has 0 heterocycles. The summed E-state index contributed by atoms with van der Waals surface area (Å²) in [5.41, 5.74) is 2.68. The van der Waals surface area contributed by atoms with Crippen LogP contribution in [0.4, 0.5) is 11.4 Å². The normalized spacial score (nSPS) is 11.1. The number of hydrogen-bond acceptors (Lipinski definition) is 4. The Morgan fingerprint density at radius 1 is 1.12 bits per heavy atom. The summed E-state index contributed by atoms with van der Waals surface area (Å²) in [7, 11) is -3.35. The number of hydrogen-bond donors (Lipinski definition) is 3. The third kappa shape index (κ3) is 4.26. The van der Waals surface area contributed by atoms with Crippen LogP contribution in [0.25, 0.3) is 0 Å². The first kappa shape index (κ1) is 17.8. The highest BCUT2D eigenvalue weighted by Gasteiger charge is 2.13. The molecular weight excluding hydrogens is 328 g/mol. The number of carbonyl (C=O) groups excluding carboxylic acids is 1. The summed E-state index contributed by atoms with van der Waals surface area (Å²) in [4.78, 5) is 12.2. The van der Waals surface area contributed by atoms with E-state index in [0.717, 1.165) is 5.56 Å². The predicted molar refractivity (Wildman–Crippen MR) is 95.1 cm³/mol. The molecule has 0 fully saturated rings. The van der Waals surface area contributed by atoms with Crippen molar-refractivity contribution in [3.05, 3.63) is 53.1 Å². The topological polar surface area (TPSA) is 95.5 Å². The summed E-state index contributed by atoms with van der Waals surface area (Å²) in [6, 6.07) is 9.66. The summed E-state index contributed by atoms with van der Waals surface area (Å²) in [6.07, 6.45) is 0. The molecule has 0 unspecified atom stereocenters. The molecule has 0 saturated carbocycles. The van der Waals surface area contributed by atoms with E-state index in [2.05, 4.69) is 10.0 Å². The molecule has 128 valence electrons. The largest absolute Gasteiger partial charge is 0.507 e. The van der Waals surface area contributed by atoms with Crippen LogP contribution in [0, 0.1) is 13.8 Å². The Bertz CT molecular complexity index is 876. The van der Waals surface area contributed by atoms with E-state index in [0.29, 0.717) is 16.9 Å². The van der Waals surface area contributed by atoms with Gasteiger partial charge in [-0.3, -0.25) is 9.52 Å². The standard InChI is InChI=1S/C17H20N2O4S/c1-4-24(22,23)19-15-8-6-13(10-12(15)3)18-17(21)14-7-5-11(2)9-16(14)20/h5-10,19-20H,4H2,1-3H3,(H,18,21). The van der Waals surface area contributed by atoms with Crippen LogP contribution in [-0.2, 0) is 10.0 Å². The van der Waals surface area contributed by atoms with E-state index in [1.165, 1.54) is 6.07 Å². The van der Waals surface area contributed by atoms with Crippen molar-refractivity contribution in [3.63, 3.8) is 0 Å². The van der Waals surface area contributed by atoms with Crippen molar-refractivity contribution in [1.29, 1.82) is 0 Å². The lowest BCUT2D eigenvalue weighted by Crippen LogP contribution is -2.16. The Kier molecular flexibility index (Phi) is 5.14. The molecule has 0 bridgehead atoms. The zero-order valence-corrected chi connectivity index (χ0v) is 14.6. The Morgan fingerprint density at radius 3 is 2.42 bits per heavy atom. The first-order valence-corrected chi connectivity index (χ1v) is 9.09. The maximum Gasteiger partial charge on any atom is 0.259 e. The summed E-state index contributed by atoms with van der Waals surface area (Å²) in [6.45, 7) is 5.12. The van der Waals surface area contributed by atoms with Crippen LogP contribution in [0.1, 0.15) is 28.4 Å². The highest BCUT2D eigenvalue weighted by Crippen LogP contribution is 2.23. The molecule has 2 aromatic rings. The van der Waals surface area contributed by atoms with E-state index < -0.39 is 15.9 Å². The van der Waals surface area contributed by atoms with Crippen LogP contribution in [0.2, 0.25) is 0 Å². The van der Waals surface area contributed by atoms with Gasteiger partial charge in [0.05, 0.1) is 17.0 Å². The number of aromatic hydroxyl groups is 1. The fourth-order valence-electron chi connectivity index (χ4n) is 2.13. The third-order valence-electron chi connectivity index (χ3n) is 3.53. The predicted octanol–water partition coefficient (Wildman–Crippen LogP) is 3.02. The number of carbonyl (C=O) groups is 1. The van der Waals surface area contributed by atoms with E-state index >= 15 is 0 Å². The lowest BCUT2D eigenvalue weighted by atomic mass is 10.1. The van der Waals surface area contributed by atoms with Crippen molar-refractivity contribution in [2.75, 3.05) is 15.8 Å². The van der Waals surface area contributed by atoms with Gasteiger partial charge in [0.2, 0.25) is 10.0 Å². The molecule has 24 heavy (non-hydrogen) atoms. The van der Waals surface area contributed by atoms with E-state index in [1.807, 2.05) is 6.92 Å². The molecule has 0 aromatic heterocycles. The second-order valence-corrected chi connectivity index (χ2v) is 7.52. The number of rotatable bonds is 5. The average Bonchev–Trinajstić information content (AvgIpc) is 2.50. The fraction of sp³-hybridized carbons (Fsp3) is 0.235. The second-order valence-electron chi connectivity index (χ2n) is 5.51. The van der Waals surface area contributed by atoms with Crippen molar-refractivity contribution in [3.8, 4) is 5.75 Å². The SMILES string of the molecule is CCS(=O)(=O)Nc1ccc(NC(=O)c2ccc(C)cc2O)cc1C. The second kappa shape index (κ2) is 6.92. The smallest absolute Gasteiger partial charge is 0.259 e. The van der Waals surface area contributed by atoms with Crippen molar-refractivity contribution in [2.24, 2.45) is 0 Å². The number of sulfonamides is 1. The lowest BCUT2D eigenvalue weighted by molar-refractivity contribution is 0.102. The zero-order chi connectivity index (χ0) is 17.9. The van der Waals surface area contributed by atoms with E-state index in [4.69, 9.17) is 0 Å². The number of nitrogens with one attached hydrogen (secondary N) is 2. The summed E-state index contributed by atoms with van der Waals surface area (Å²) >= 11 is 0. The van der Waals surface area contributed by atoms with Crippen molar-refractivity contribution >= 4 is 27.3 Å². The molecule has 7 heteroatoms. The van der Waals surface area contributed by atoms with Crippen LogP contribution < -0.4 is 10.0 Å². The number of anilines is 2. The molecule has 0 aliphatic rings. The van der Waals surface area contributed by atoms with Gasteiger partial charge in [-0.15, -0.1) is 0 Å². The van der Waals surface area contributed by atoms with Gasteiger partial charge in [0.1, 0.15) is 5.75 Å². The minimum atomic E-state index is -3.35. The van der Waals surface area contributed by atoms with Gasteiger partial charge in [0, 0.05) is 5.69 Å². The molecule has 0 spiro atoms. The first-order chi connectivity index (χ1) is 11.2. The van der Waals surface area contributed by atoms with Gasteiger partial charge in [-0.2, -0.15) is 0 Å². The molecule has 2 aromatic carbocycles. The zero-order valence-electron chi connectivity index (χ0n) is 13.8. The van der Waals surface area contributed by atoms with Crippen LogP contribution in [0.15, 0.2) is 36.4 Å². The van der Waals surface area contributed by atoms with Crippen molar-refractivity contribution < 1.29 is 18.3 Å². The molecular formula is C17H20N2O4S. The Labute approximate surface area is 141 Å². The molecule has 6 nitrogen and oxygen atoms in total. The monoisotopic (exact) mass is 348 g/mol. The van der Waals surface area contributed by atoms with Crippen LogP contribution in [-0.4, -0.2) is 25.2 Å². The molecule has 0 aliphatic heterocycles. The van der Waals surface area contributed by atoms with Gasteiger partial charge in [-0.05, 0) is 62.2 Å². The lowest BCUT2D eigenvalue weighted by Gasteiger charge is -2.12. The first-order valence-electron chi connectivity index (χ1n) is 7.44. The maximum atomic E-state index is 12.2. The summed E-state index contributed by atoms with van der Waals surface area (Å²) in [5, 5.41) is 12.5. The molecule has 2 rings (SSSR count). The Morgan fingerprint density at radius 2 is 1.83 bits per heavy atom. The summed E-state index contributed by atoms with van der Waals surface area (Å²) < 4.78 is 25.7. The van der Waals surface area contributed by atoms with Crippen molar-refractivity contribution in [1.82, 2.24) is 0 Å². The van der Waals surface area contributed by atoms with Gasteiger partial charge in [-0.25, -0.2) is 8.42 Å². The fourth-order valence-corrected chi connectivity index (χ4v) is 2.84. The van der Waals surface area contributed by atoms with Gasteiger partial charge in [0.15, 0.2) is 0 Å². The Balaban J connectivity index is 2.19. The number of aryl methyl sites for hydroxylation is 2. The quantitative estimate of drug-likeness (QED) is 0.774. The van der Waals surface area contributed by atoms with Gasteiger partial charge < -0.3 is 10.4 Å². The number of phenolic OH excluding ortho intramolecular Hbond substituents is 1. The summed E-state index contributed by atoms with van der Waals surface area (Å²) in [5.74, 6) is -0.539. The highest BCUT2D eigenvalue weighted by atomic mass is 32.2. The number of phenols is 1. The number of amides is 1. The highest BCUT2D eigenvalue weighted by molar-refractivity contribution is 7.92. The average molecular weight is 348 g/mol. The molecule has 0 aliphatic carbocycles. The molecule has 0 saturated heterocycles. The minimum Gasteiger partial charge on any atom is -0.507 e. The van der Waals surface area contributed by atoms with E-state index in [9.17, 15) is 18.3 Å². The van der Waals surface area contributed by atoms with E-state index in [1.54, 1.807) is 44.2 Å². The van der Waals surface area contributed by atoms with Gasteiger partial charge >= 0.3 is 0 Å². The third-order valence-corrected chi connectivity index (χ3v) is 4.82.